The summed E-state index contributed by atoms with van der Waals surface area (Å²) in [6, 6.07) is 7.81. The zero-order valence-electron chi connectivity index (χ0n) is 25.4. The summed E-state index contributed by atoms with van der Waals surface area (Å²) in [5, 5.41) is 0.459. The predicted octanol–water partition coefficient (Wildman–Crippen LogP) is 6.29. The molecule has 6 rings (SSSR count). The number of ether oxygens (including phenoxy) is 4. The Labute approximate surface area is 281 Å². The average Bonchev–Trinajstić information content (AvgIpc) is 3.73. The van der Waals surface area contributed by atoms with Crippen LogP contribution in [0.2, 0.25) is 10.0 Å². The van der Waals surface area contributed by atoms with Gasteiger partial charge in [0.15, 0.2) is 11.5 Å². The summed E-state index contributed by atoms with van der Waals surface area (Å²) in [6.07, 6.45) is 4.37. The third-order valence-corrected chi connectivity index (χ3v) is 11.0. The summed E-state index contributed by atoms with van der Waals surface area (Å²) in [4.78, 5) is 19.8. The Morgan fingerprint density at radius 1 is 1.06 bits per heavy atom. The molecule has 3 aromatic rings. The Hall–Kier alpha value is -3.39. The van der Waals surface area contributed by atoms with Crippen molar-refractivity contribution in [1.29, 1.82) is 0 Å². The topological polar surface area (TPSA) is 108 Å². The number of carbonyl (C=O) groups excluding carboxylic acids is 1. The molecule has 1 saturated carbocycles. The fourth-order valence-corrected chi connectivity index (χ4v) is 7.86. The maximum absolute atomic E-state index is 13.9. The number of pyridine rings is 1. The van der Waals surface area contributed by atoms with Gasteiger partial charge in [-0.15, -0.1) is 0 Å². The first-order valence-corrected chi connectivity index (χ1v) is 17.4. The Morgan fingerprint density at radius 3 is 2.55 bits per heavy atom. The third kappa shape index (κ3) is 7.53. The molecule has 3 heterocycles. The second kappa shape index (κ2) is 14.0. The minimum absolute atomic E-state index is 0.0142. The van der Waals surface area contributed by atoms with Crippen LogP contribution < -0.4 is 19.1 Å². The number of halogens is 4. The van der Waals surface area contributed by atoms with E-state index in [2.05, 4.69) is 9.72 Å². The van der Waals surface area contributed by atoms with Crippen LogP contribution in [0.5, 0.6) is 17.2 Å². The van der Waals surface area contributed by atoms with Crippen LogP contribution >= 0.6 is 23.2 Å². The molecule has 1 aliphatic carbocycles. The molecule has 10 nitrogen and oxygen atoms in total. The molecule has 0 radical (unpaired) electrons. The fraction of sp³-hybridized carbons (Fsp3) is 0.438. The Kier molecular flexibility index (Phi) is 9.98. The average molecular weight is 713 g/mol. The normalized spacial score (nSPS) is 18.9. The van der Waals surface area contributed by atoms with Crippen molar-refractivity contribution in [1.82, 2.24) is 9.29 Å². The van der Waals surface area contributed by atoms with E-state index in [4.69, 9.17) is 37.4 Å². The lowest BCUT2D eigenvalue weighted by Crippen LogP contribution is -2.42. The van der Waals surface area contributed by atoms with Gasteiger partial charge in [0, 0.05) is 32.4 Å². The first-order chi connectivity index (χ1) is 22.5. The summed E-state index contributed by atoms with van der Waals surface area (Å²) in [6.45, 7) is -1.55. The van der Waals surface area contributed by atoms with Crippen LogP contribution in [0, 0.1) is 5.92 Å². The zero-order valence-corrected chi connectivity index (χ0v) is 27.7. The van der Waals surface area contributed by atoms with E-state index >= 15 is 0 Å². The van der Waals surface area contributed by atoms with E-state index in [1.807, 2.05) is 11.9 Å². The van der Waals surface area contributed by atoms with Crippen molar-refractivity contribution in [3.63, 3.8) is 0 Å². The minimum atomic E-state index is -4.10. The summed E-state index contributed by atoms with van der Waals surface area (Å²) in [7, 11) is -2.25. The van der Waals surface area contributed by atoms with Crippen molar-refractivity contribution in [3.05, 3.63) is 70.0 Å². The fourth-order valence-electron chi connectivity index (χ4n) is 5.68. The smallest absolute Gasteiger partial charge is 0.387 e. The number of likely N-dealkylation sites (N-methyl/N-ethyl adjacent to an activating group) is 1. The molecule has 1 aromatic heterocycles. The number of hydrogen-bond acceptors (Lipinski definition) is 9. The maximum atomic E-state index is 13.9. The number of carbonyl (C=O) groups is 1. The van der Waals surface area contributed by atoms with Gasteiger partial charge in [-0.3, -0.25) is 9.78 Å². The van der Waals surface area contributed by atoms with Crippen molar-refractivity contribution in [2.24, 2.45) is 5.92 Å². The van der Waals surface area contributed by atoms with E-state index < -0.39 is 34.7 Å². The van der Waals surface area contributed by atoms with Gasteiger partial charge in [0.2, 0.25) is 10.0 Å². The lowest BCUT2D eigenvalue weighted by atomic mass is 10.0. The van der Waals surface area contributed by atoms with Crippen LogP contribution in [0.25, 0.3) is 0 Å². The van der Waals surface area contributed by atoms with E-state index in [0.29, 0.717) is 54.7 Å². The number of fused-ring (bicyclic) bond motifs is 1. The van der Waals surface area contributed by atoms with E-state index in [0.717, 1.165) is 17.1 Å². The van der Waals surface area contributed by atoms with E-state index in [1.54, 1.807) is 12.1 Å². The molecule has 0 spiro atoms. The largest absolute Gasteiger partial charge is 0.490 e. The quantitative estimate of drug-likeness (QED) is 0.201. The number of hydrogen-bond donors (Lipinski definition) is 0. The van der Waals surface area contributed by atoms with Gasteiger partial charge in [-0.1, -0.05) is 29.3 Å². The maximum Gasteiger partial charge on any atom is 0.387 e. The molecule has 0 bridgehead atoms. The Morgan fingerprint density at radius 2 is 1.83 bits per heavy atom. The molecule has 2 aliphatic heterocycles. The summed E-state index contributed by atoms with van der Waals surface area (Å²) >= 11 is 12.9. The van der Waals surface area contributed by atoms with Gasteiger partial charge in [0.05, 0.1) is 33.8 Å². The summed E-state index contributed by atoms with van der Waals surface area (Å²) in [5.74, 6) is 0.0260. The van der Waals surface area contributed by atoms with Gasteiger partial charge >= 0.3 is 12.6 Å². The molecule has 0 amide bonds. The van der Waals surface area contributed by atoms with Gasteiger partial charge < -0.3 is 23.8 Å². The monoisotopic (exact) mass is 711 g/mol. The molecule has 2 aromatic carbocycles. The van der Waals surface area contributed by atoms with Crippen molar-refractivity contribution in [2.75, 3.05) is 38.3 Å². The van der Waals surface area contributed by atoms with Crippen LogP contribution in [0.15, 0.2) is 53.7 Å². The van der Waals surface area contributed by atoms with Crippen molar-refractivity contribution in [2.45, 2.75) is 55.8 Å². The van der Waals surface area contributed by atoms with Crippen LogP contribution in [0.4, 0.5) is 14.5 Å². The number of esters is 1. The first kappa shape index (κ1) is 33.5. The number of benzene rings is 2. The third-order valence-electron chi connectivity index (χ3n) is 8.44. The highest BCUT2D eigenvalue weighted by molar-refractivity contribution is 7.89. The number of aromatic nitrogens is 1. The lowest BCUT2D eigenvalue weighted by molar-refractivity contribution is -0.153. The first-order valence-electron chi connectivity index (χ1n) is 15.2. The molecule has 15 heteroatoms. The highest BCUT2D eigenvalue weighted by Crippen LogP contribution is 2.39. The molecule has 0 unspecified atom stereocenters. The van der Waals surface area contributed by atoms with E-state index in [-0.39, 0.29) is 45.8 Å². The second-order valence-electron chi connectivity index (χ2n) is 11.7. The lowest BCUT2D eigenvalue weighted by Gasteiger charge is -2.29. The molecule has 252 valence electrons. The van der Waals surface area contributed by atoms with Gasteiger partial charge in [0.1, 0.15) is 24.5 Å². The molecular weight excluding hydrogens is 679 g/mol. The van der Waals surface area contributed by atoms with Crippen LogP contribution in [-0.4, -0.2) is 69.7 Å². The van der Waals surface area contributed by atoms with Gasteiger partial charge in [0.25, 0.3) is 0 Å². The standard InChI is InChI=1S/C32H33Cl2F2N3O7S/c1-38-11-12-43-27-9-7-21(14-26(27)38)47(41,42)39-10-2-3-25(39)31(40)45-29(15-22-23(33)16-37-17-24(22)34)20-6-8-28(46-32(35)36)30(13-20)44-18-19-4-5-19/h6-9,13-14,16-17,19,25,29,32H,2-5,10-12,15,18H2,1H3/t25-,29-/m0/s1. The molecule has 3 aliphatic rings. The van der Waals surface area contributed by atoms with E-state index in [9.17, 15) is 22.0 Å². The Bertz CT molecular complexity index is 1730. The molecule has 47 heavy (non-hydrogen) atoms. The minimum Gasteiger partial charge on any atom is -0.490 e. The van der Waals surface area contributed by atoms with Crippen molar-refractivity contribution in [3.8, 4) is 17.2 Å². The van der Waals surface area contributed by atoms with Crippen molar-refractivity contribution >= 4 is 44.9 Å². The number of anilines is 1. The summed E-state index contributed by atoms with van der Waals surface area (Å²) < 4.78 is 77.6. The molecule has 2 fully saturated rings. The highest BCUT2D eigenvalue weighted by Gasteiger charge is 2.42. The van der Waals surface area contributed by atoms with Gasteiger partial charge in [-0.25, -0.2) is 8.42 Å². The second-order valence-corrected chi connectivity index (χ2v) is 14.4. The SMILES string of the molecule is CN1CCOc2ccc(S(=O)(=O)N3CCC[C@H]3C(=O)O[C@@H](Cc3c(Cl)cncc3Cl)c3ccc(OC(F)F)c(OCC4CC4)c3)cc21. The molecule has 0 N–H and O–H groups in total. The Balaban J connectivity index is 1.30. The zero-order chi connectivity index (χ0) is 33.3. The van der Waals surface area contributed by atoms with Crippen LogP contribution in [0.3, 0.4) is 0 Å². The molecule has 2 atom stereocenters. The van der Waals surface area contributed by atoms with Crippen molar-refractivity contribution < 1.29 is 40.9 Å². The summed E-state index contributed by atoms with van der Waals surface area (Å²) in [5.41, 5.74) is 1.46. The number of rotatable bonds is 12. The predicted molar refractivity (Wildman–Crippen MR) is 170 cm³/mol. The van der Waals surface area contributed by atoms with Crippen LogP contribution in [-0.2, 0) is 26.0 Å². The van der Waals surface area contributed by atoms with Gasteiger partial charge in [-0.2, -0.15) is 13.1 Å². The molecular formula is C32H33Cl2F2N3O7S. The van der Waals surface area contributed by atoms with Crippen LogP contribution in [0.1, 0.15) is 42.9 Å². The number of nitrogens with zero attached hydrogens (tertiary/aromatic N) is 3. The molecule has 1 saturated heterocycles. The van der Waals surface area contributed by atoms with E-state index in [1.165, 1.54) is 36.7 Å². The highest BCUT2D eigenvalue weighted by atomic mass is 35.5. The number of sulfonamides is 1. The number of alkyl halides is 2. The van der Waals surface area contributed by atoms with Gasteiger partial charge in [-0.05, 0) is 73.1 Å².